The average molecular weight is 411 g/mol. The van der Waals surface area contributed by atoms with Crippen LogP contribution in [0.5, 0.6) is 11.5 Å². The van der Waals surface area contributed by atoms with Gasteiger partial charge in [0, 0.05) is 37.4 Å². The van der Waals surface area contributed by atoms with Crippen molar-refractivity contribution in [3.8, 4) is 11.5 Å². The highest BCUT2D eigenvalue weighted by atomic mass is 19.1. The standard InChI is InChI=1S/C22H22FN3O4/c1-24-5-7-25(8-6-24)21(27)12-18-16-10-19-20(30-13-29-19)11-17(16)22(28)26(18)15-4-2-3-14(23)9-15/h2-4,9-11,18H,5-8,12-13H2,1H3. The number of anilines is 1. The van der Waals surface area contributed by atoms with Gasteiger partial charge in [-0.3, -0.25) is 9.59 Å². The molecule has 1 atom stereocenters. The molecule has 0 radical (unpaired) electrons. The number of hydrogen-bond donors (Lipinski definition) is 0. The van der Waals surface area contributed by atoms with Gasteiger partial charge in [0.15, 0.2) is 11.5 Å². The molecule has 156 valence electrons. The summed E-state index contributed by atoms with van der Waals surface area (Å²) < 4.78 is 24.8. The Hall–Kier alpha value is -3.13. The molecule has 1 unspecified atom stereocenters. The third kappa shape index (κ3) is 3.17. The lowest BCUT2D eigenvalue weighted by Crippen LogP contribution is -2.47. The summed E-state index contributed by atoms with van der Waals surface area (Å²) in [5.41, 5.74) is 1.59. The molecule has 1 saturated heterocycles. The largest absolute Gasteiger partial charge is 0.454 e. The number of hydrogen-bond acceptors (Lipinski definition) is 5. The summed E-state index contributed by atoms with van der Waals surface area (Å²) in [6.07, 6.45) is 0.124. The highest BCUT2D eigenvalue weighted by molar-refractivity contribution is 6.12. The van der Waals surface area contributed by atoms with Crippen LogP contribution in [0, 0.1) is 5.82 Å². The quantitative estimate of drug-likeness (QED) is 0.776. The highest BCUT2D eigenvalue weighted by Gasteiger charge is 2.41. The molecule has 3 aliphatic rings. The van der Waals surface area contributed by atoms with Gasteiger partial charge in [-0.2, -0.15) is 0 Å². The normalized spacial score (nSPS) is 20.6. The second-order valence-corrected chi connectivity index (χ2v) is 7.85. The molecule has 2 aromatic carbocycles. The summed E-state index contributed by atoms with van der Waals surface area (Å²) in [5, 5.41) is 0. The zero-order valence-corrected chi connectivity index (χ0v) is 16.6. The number of likely N-dealkylation sites (N-methyl/N-ethyl adjacent to an activating group) is 1. The number of ether oxygens (including phenoxy) is 2. The molecule has 3 aliphatic heterocycles. The van der Waals surface area contributed by atoms with E-state index in [0.29, 0.717) is 41.4 Å². The van der Waals surface area contributed by atoms with E-state index < -0.39 is 11.9 Å². The van der Waals surface area contributed by atoms with Gasteiger partial charge >= 0.3 is 0 Å². The van der Waals surface area contributed by atoms with Crippen molar-refractivity contribution in [1.29, 1.82) is 0 Å². The Morgan fingerprint density at radius 3 is 2.57 bits per heavy atom. The van der Waals surface area contributed by atoms with Gasteiger partial charge in [0.2, 0.25) is 12.7 Å². The van der Waals surface area contributed by atoms with E-state index in [0.717, 1.165) is 13.1 Å². The first-order valence-electron chi connectivity index (χ1n) is 10.0. The van der Waals surface area contributed by atoms with Gasteiger partial charge in [0.25, 0.3) is 5.91 Å². The Kier molecular flexibility index (Phi) is 4.58. The third-order valence-electron chi connectivity index (χ3n) is 5.97. The molecule has 30 heavy (non-hydrogen) atoms. The molecule has 0 saturated carbocycles. The average Bonchev–Trinajstić information content (AvgIpc) is 3.29. The van der Waals surface area contributed by atoms with Gasteiger partial charge in [-0.1, -0.05) is 6.07 Å². The van der Waals surface area contributed by atoms with Crippen molar-refractivity contribution in [1.82, 2.24) is 9.80 Å². The van der Waals surface area contributed by atoms with Gasteiger partial charge in [0.05, 0.1) is 12.5 Å². The molecule has 0 aromatic heterocycles. The van der Waals surface area contributed by atoms with Gasteiger partial charge in [-0.25, -0.2) is 4.39 Å². The highest BCUT2D eigenvalue weighted by Crippen LogP contribution is 2.45. The number of amides is 2. The number of rotatable bonds is 3. The van der Waals surface area contributed by atoms with Crippen molar-refractivity contribution in [2.45, 2.75) is 12.5 Å². The zero-order chi connectivity index (χ0) is 20.8. The summed E-state index contributed by atoms with van der Waals surface area (Å²) in [4.78, 5) is 31.9. The fourth-order valence-electron chi connectivity index (χ4n) is 4.30. The summed E-state index contributed by atoms with van der Waals surface area (Å²) in [6, 6.07) is 8.79. The third-order valence-corrected chi connectivity index (χ3v) is 5.97. The van der Waals surface area contributed by atoms with Crippen molar-refractivity contribution >= 4 is 17.5 Å². The number of nitrogens with zero attached hydrogens (tertiary/aromatic N) is 3. The van der Waals surface area contributed by atoms with Crippen molar-refractivity contribution in [2.75, 3.05) is 44.9 Å². The number of fused-ring (bicyclic) bond motifs is 2. The number of carbonyl (C=O) groups excluding carboxylic acids is 2. The molecule has 0 N–H and O–H groups in total. The van der Waals surface area contributed by atoms with E-state index >= 15 is 0 Å². The van der Waals surface area contributed by atoms with E-state index in [2.05, 4.69) is 4.90 Å². The summed E-state index contributed by atoms with van der Waals surface area (Å²) in [7, 11) is 2.03. The van der Waals surface area contributed by atoms with Crippen LogP contribution in [0.3, 0.4) is 0 Å². The Bertz CT molecular complexity index is 1020. The predicted molar refractivity (Wildman–Crippen MR) is 107 cm³/mol. The van der Waals surface area contributed by atoms with Crippen molar-refractivity contribution in [3.63, 3.8) is 0 Å². The van der Waals surface area contributed by atoms with Crippen LogP contribution in [0.15, 0.2) is 36.4 Å². The van der Waals surface area contributed by atoms with Gasteiger partial charge in [0.1, 0.15) is 5.82 Å². The first kappa shape index (κ1) is 18.9. The van der Waals surface area contributed by atoms with Crippen LogP contribution in [0.2, 0.25) is 0 Å². The molecular formula is C22H22FN3O4. The van der Waals surface area contributed by atoms with Gasteiger partial charge in [-0.05, 0) is 42.9 Å². The zero-order valence-electron chi connectivity index (χ0n) is 16.6. The van der Waals surface area contributed by atoms with Crippen molar-refractivity contribution in [3.05, 3.63) is 53.3 Å². The predicted octanol–water partition coefficient (Wildman–Crippen LogP) is 2.42. The van der Waals surface area contributed by atoms with Crippen LogP contribution < -0.4 is 14.4 Å². The first-order valence-corrected chi connectivity index (χ1v) is 10.0. The van der Waals surface area contributed by atoms with Crippen molar-refractivity contribution < 1.29 is 23.5 Å². The molecule has 7 nitrogen and oxygen atoms in total. The number of piperazine rings is 1. The fourth-order valence-corrected chi connectivity index (χ4v) is 4.30. The van der Waals surface area contributed by atoms with Crippen LogP contribution in [-0.2, 0) is 4.79 Å². The lowest BCUT2D eigenvalue weighted by atomic mass is 10.00. The fraction of sp³-hybridized carbons (Fsp3) is 0.364. The van der Waals surface area contributed by atoms with Gasteiger partial charge < -0.3 is 24.2 Å². The van der Waals surface area contributed by atoms with E-state index in [4.69, 9.17) is 9.47 Å². The molecule has 2 aromatic rings. The van der Waals surface area contributed by atoms with Crippen LogP contribution >= 0.6 is 0 Å². The Labute approximate surface area is 173 Å². The number of carbonyl (C=O) groups is 2. The van der Waals surface area contributed by atoms with Crippen LogP contribution in [0.1, 0.15) is 28.4 Å². The SMILES string of the molecule is CN1CCN(C(=O)CC2c3cc4c(cc3C(=O)N2c2cccc(F)c2)OCO4)CC1. The second-order valence-electron chi connectivity index (χ2n) is 7.85. The molecule has 2 amide bonds. The van der Waals surface area contributed by atoms with Crippen LogP contribution in [0.25, 0.3) is 0 Å². The maximum Gasteiger partial charge on any atom is 0.259 e. The molecule has 0 spiro atoms. The molecule has 1 fully saturated rings. The van der Waals surface area contributed by atoms with Crippen LogP contribution in [-0.4, -0.2) is 61.6 Å². The molecule has 0 aliphatic carbocycles. The summed E-state index contributed by atoms with van der Waals surface area (Å²) >= 11 is 0. The Morgan fingerprint density at radius 1 is 1.10 bits per heavy atom. The maximum absolute atomic E-state index is 13.9. The minimum atomic E-state index is -0.532. The first-order chi connectivity index (χ1) is 14.5. The van der Waals surface area contributed by atoms with E-state index in [1.54, 1.807) is 24.3 Å². The smallest absolute Gasteiger partial charge is 0.259 e. The minimum absolute atomic E-state index is 0.0205. The number of halogens is 1. The van der Waals surface area contributed by atoms with Crippen molar-refractivity contribution in [2.24, 2.45) is 0 Å². The molecule has 8 heteroatoms. The monoisotopic (exact) mass is 411 g/mol. The second kappa shape index (κ2) is 7.28. The minimum Gasteiger partial charge on any atom is -0.454 e. The van der Waals surface area contributed by atoms with E-state index in [1.165, 1.54) is 17.0 Å². The van der Waals surface area contributed by atoms with E-state index in [-0.39, 0.29) is 25.0 Å². The Balaban J connectivity index is 1.51. The topological polar surface area (TPSA) is 62.3 Å². The maximum atomic E-state index is 13.9. The lowest BCUT2D eigenvalue weighted by Gasteiger charge is -2.34. The summed E-state index contributed by atoms with van der Waals surface area (Å²) in [6.45, 7) is 3.05. The molecule has 3 heterocycles. The van der Waals surface area contributed by atoms with Crippen LogP contribution in [0.4, 0.5) is 10.1 Å². The number of benzene rings is 2. The lowest BCUT2D eigenvalue weighted by molar-refractivity contribution is -0.133. The molecule has 0 bridgehead atoms. The molecule has 5 rings (SSSR count). The molecular weight excluding hydrogens is 389 g/mol. The Morgan fingerprint density at radius 2 is 1.83 bits per heavy atom. The van der Waals surface area contributed by atoms with E-state index in [1.807, 2.05) is 11.9 Å². The van der Waals surface area contributed by atoms with E-state index in [9.17, 15) is 14.0 Å². The van der Waals surface area contributed by atoms with Gasteiger partial charge in [-0.15, -0.1) is 0 Å². The summed E-state index contributed by atoms with van der Waals surface area (Å²) in [5.74, 6) is 0.333.